The molecule has 0 atom stereocenters. The number of rotatable bonds is 3. The molecule has 1 heterocycles. The number of hydrogen-bond donors (Lipinski definition) is 1. The number of aryl methyl sites for hydroxylation is 1. The van der Waals surface area contributed by atoms with Crippen LogP contribution in [0, 0.1) is 0 Å². The zero-order valence-electron chi connectivity index (χ0n) is 8.20. The normalized spacial score (nSPS) is 25.6. The quantitative estimate of drug-likeness (QED) is 0.780. The Hall–Kier alpha value is -0.830. The van der Waals surface area contributed by atoms with Crippen LogP contribution >= 0.6 is 11.6 Å². The molecular formula is C10H14ClN3. The standard InChI is InChI=1S/C10H14ClN3/c1-2-8-5-10(13-6-12-8)14-9-3-7(11)4-9/h5-7,9H,2-4H2,1H3,(H,12,13,14). The summed E-state index contributed by atoms with van der Waals surface area (Å²) in [6, 6.07) is 2.50. The molecule has 0 spiro atoms. The lowest BCUT2D eigenvalue weighted by molar-refractivity contribution is 0.453. The Morgan fingerprint density at radius 1 is 1.50 bits per heavy atom. The average molecular weight is 212 g/mol. The summed E-state index contributed by atoms with van der Waals surface area (Å²) in [5.41, 5.74) is 1.07. The third kappa shape index (κ3) is 2.15. The van der Waals surface area contributed by atoms with Crippen molar-refractivity contribution >= 4 is 17.4 Å². The number of halogens is 1. The van der Waals surface area contributed by atoms with Gasteiger partial charge in [-0.3, -0.25) is 0 Å². The van der Waals surface area contributed by atoms with Crippen molar-refractivity contribution in [3.63, 3.8) is 0 Å². The molecule has 1 aliphatic rings. The molecule has 0 unspecified atom stereocenters. The molecule has 0 amide bonds. The summed E-state index contributed by atoms with van der Waals surface area (Å²) in [4.78, 5) is 8.32. The Labute approximate surface area is 88.9 Å². The number of nitrogens with zero attached hydrogens (tertiary/aromatic N) is 2. The van der Waals surface area contributed by atoms with Gasteiger partial charge in [-0.25, -0.2) is 9.97 Å². The molecule has 0 aromatic carbocycles. The van der Waals surface area contributed by atoms with Gasteiger partial charge in [0.25, 0.3) is 0 Å². The van der Waals surface area contributed by atoms with Crippen molar-refractivity contribution in [2.24, 2.45) is 0 Å². The number of aromatic nitrogens is 2. The number of anilines is 1. The van der Waals surface area contributed by atoms with Crippen LogP contribution in [-0.2, 0) is 6.42 Å². The fourth-order valence-corrected chi connectivity index (χ4v) is 1.98. The number of nitrogens with one attached hydrogen (secondary N) is 1. The highest BCUT2D eigenvalue weighted by atomic mass is 35.5. The summed E-state index contributed by atoms with van der Waals surface area (Å²) in [7, 11) is 0. The van der Waals surface area contributed by atoms with E-state index in [0.717, 1.165) is 30.8 Å². The fraction of sp³-hybridized carbons (Fsp3) is 0.600. The molecular weight excluding hydrogens is 198 g/mol. The minimum atomic E-state index is 0.347. The molecule has 4 heteroatoms. The molecule has 3 nitrogen and oxygen atoms in total. The fourth-order valence-electron chi connectivity index (χ4n) is 1.55. The SMILES string of the molecule is CCc1cc(NC2CC(Cl)C2)ncn1. The van der Waals surface area contributed by atoms with E-state index in [1.54, 1.807) is 6.33 Å². The summed E-state index contributed by atoms with van der Waals surface area (Å²) in [6.45, 7) is 2.09. The van der Waals surface area contributed by atoms with Crippen LogP contribution in [0.25, 0.3) is 0 Å². The van der Waals surface area contributed by atoms with Gasteiger partial charge in [-0.1, -0.05) is 6.92 Å². The van der Waals surface area contributed by atoms with Gasteiger partial charge in [0, 0.05) is 23.2 Å². The van der Waals surface area contributed by atoms with Gasteiger partial charge in [-0.2, -0.15) is 0 Å². The van der Waals surface area contributed by atoms with Gasteiger partial charge in [0.05, 0.1) is 0 Å². The molecule has 2 rings (SSSR count). The summed E-state index contributed by atoms with van der Waals surface area (Å²) < 4.78 is 0. The van der Waals surface area contributed by atoms with Crippen LogP contribution in [0.2, 0.25) is 0 Å². The molecule has 1 saturated carbocycles. The predicted molar refractivity (Wildman–Crippen MR) is 57.7 cm³/mol. The molecule has 0 bridgehead atoms. The Kier molecular flexibility index (Phi) is 2.87. The first-order chi connectivity index (χ1) is 6.78. The minimum absolute atomic E-state index is 0.347. The topological polar surface area (TPSA) is 37.8 Å². The smallest absolute Gasteiger partial charge is 0.129 e. The van der Waals surface area contributed by atoms with E-state index in [1.807, 2.05) is 6.07 Å². The highest BCUT2D eigenvalue weighted by molar-refractivity contribution is 6.21. The summed E-state index contributed by atoms with van der Waals surface area (Å²) in [5.74, 6) is 0.922. The van der Waals surface area contributed by atoms with Crippen molar-refractivity contribution < 1.29 is 0 Å². The number of hydrogen-bond acceptors (Lipinski definition) is 3. The maximum atomic E-state index is 5.90. The lowest BCUT2D eigenvalue weighted by Crippen LogP contribution is -2.36. The molecule has 1 aromatic heterocycles. The third-order valence-electron chi connectivity index (χ3n) is 2.52. The van der Waals surface area contributed by atoms with Crippen molar-refractivity contribution in [3.8, 4) is 0 Å². The molecule has 1 aliphatic carbocycles. The summed E-state index contributed by atoms with van der Waals surface area (Å²) >= 11 is 5.90. The first kappa shape index (κ1) is 9.71. The van der Waals surface area contributed by atoms with Gasteiger partial charge < -0.3 is 5.32 Å². The number of alkyl halides is 1. The van der Waals surface area contributed by atoms with Crippen molar-refractivity contribution in [2.45, 2.75) is 37.6 Å². The van der Waals surface area contributed by atoms with Crippen molar-refractivity contribution in [2.75, 3.05) is 5.32 Å². The van der Waals surface area contributed by atoms with E-state index in [1.165, 1.54) is 0 Å². The molecule has 0 aliphatic heterocycles. The van der Waals surface area contributed by atoms with Gasteiger partial charge >= 0.3 is 0 Å². The molecule has 14 heavy (non-hydrogen) atoms. The van der Waals surface area contributed by atoms with E-state index in [-0.39, 0.29) is 0 Å². The van der Waals surface area contributed by atoms with E-state index in [2.05, 4.69) is 22.2 Å². The molecule has 76 valence electrons. The zero-order valence-corrected chi connectivity index (χ0v) is 8.96. The van der Waals surface area contributed by atoms with E-state index in [4.69, 9.17) is 11.6 Å². The lowest BCUT2D eigenvalue weighted by Gasteiger charge is -2.31. The van der Waals surface area contributed by atoms with Crippen LogP contribution in [0.1, 0.15) is 25.5 Å². The van der Waals surface area contributed by atoms with Crippen LogP contribution in [0.4, 0.5) is 5.82 Å². The molecule has 1 fully saturated rings. The highest BCUT2D eigenvalue weighted by Crippen LogP contribution is 2.27. The predicted octanol–water partition coefficient (Wildman–Crippen LogP) is 2.22. The third-order valence-corrected chi connectivity index (χ3v) is 2.87. The Balaban J connectivity index is 1.95. The van der Waals surface area contributed by atoms with Crippen molar-refractivity contribution in [1.82, 2.24) is 9.97 Å². The van der Waals surface area contributed by atoms with Gasteiger partial charge in [0.1, 0.15) is 12.1 Å². The molecule has 1 aromatic rings. The van der Waals surface area contributed by atoms with Crippen molar-refractivity contribution in [1.29, 1.82) is 0 Å². The summed E-state index contributed by atoms with van der Waals surface area (Å²) in [5, 5.41) is 3.70. The second kappa shape index (κ2) is 4.13. The maximum absolute atomic E-state index is 5.90. The van der Waals surface area contributed by atoms with Crippen molar-refractivity contribution in [3.05, 3.63) is 18.1 Å². The van der Waals surface area contributed by atoms with E-state index in [9.17, 15) is 0 Å². The maximum Gasteiger partial charge on any atom is 0.129 e. The van der Waals surface area contributed by atoms with Crippen LogP contribution in [0.5, 0.6) is 0 Å². The largest absolute Gasteiger partial charge is 0.367 e. The first-order valence-corrected chi connectivity index (χ1v) is 5.43. The zero-order chi connectivity index (χ0) is 9.97. The highest BCUT2D eigenvalue weighted by Gasteiger charge is 2.27. The van der Waals surface area contributed by atoms with Gasteiger partial charge in [0.2, 0.25) is 0 Å². The minimum Gasteiger partial charge on any atom is -0.367 e. The van der Waals surface area contributed by atoms with Gasteiger partial charge in [-0.15, -0.1) is 11.6 Å². The Morgan fingerprint density at radius 3 is 2.93 bits per heavy atom. The molecule has 0 saturated heterocycles. The van der Waals surface area contributed by atoms with Crippen LogP contribution in [-0.4, -0.2) is 21.4 Å². The van der Waals surface area contributed by atoms with Crippen LogP contribution in [0.3, 0.4) is 0 Å². The van der Waals surface area contributed by atoms with Gasteiger partial charge in [-0.05, 0) is 19.3 Å². The van der Waals surface area contributed by atoms with E-state index >= 15 is 0 Å². The molecule has 1 N–H and O–H groups in total. The monoisotopic (exact) mass is 211 g/mol. The molecule has 0 radical (unpaired) electrons. The lowest BCUT2D eigenvalue weighted by atomic mass is 9.92. The first-order valence-electron chi connectivity index (χ1n) is 4.99. The van der Waals surface area contributed by atoms with Crippen LogP contribution < -0.4 is 5.32 Å². The average Bonchev–Trinajstić information content (AvgIpc) is 2.16. The van der Waals surface area contributed by atoms with Crippen LogP contribution in [0.15, 0.2) is 12.4 Å². The second-order valence-corrected chi connectivity index (χ2v) is 4.28. The summed E-state index contributed by atoms with van der Waals surface area (Å²) in [6.07, 6.45) is 4.62. The van der Waals surface area contributed by atoms with E-state index in [0.29, 0.717) is 11.4 Å². The Bertz CT molecular complexity index is 310. The second-order valence-electron chi connectivity index (χ2n) is 3.66. The van der Waals surface area contributed by atoms with Gasteiger partial charge in [0.15, 0.2) is 0 Å². The van der Waals surface area contributed by atoms with E-state index < -0.39 is 0 Å². The Morgan fingerprint density at radius 2 is 2.29 bits per heavy atom.